The van der Waals surface area contributed by atoms with E-state index in [0.29, 0.717) is 25.4 Å². The lowest BCUT2D eigenvalue weighted by Crippen LogP contribution is -2.54. The molecule has 2 radical (unpaired) electrons. The second-order valence-corrected chi connectivity index (χ2v) is 7.15. The Morgan fingerprint density at radius 1 is 1.05 bits per heavy atom. The fourth-order valence-electron chi connectivity index (χ4n) is 4.06. The first-order valence-corrected chi connectivity index (χ1v) is 8.53. The van der Waals surface area contributed by atoms with E-state index in [-0.39, 0.29) is 12.0 Å². The molecule has 0 bridgehead atoms. The number of alkyl halides is 2. The van der Waals surface area contributed by atoms with Crippen LogP contribution in [0.15, 0.2) is 0 Å². The molecule has 0 spiro atoms. The highest BCUT2D eigenvalue weighted by Crippen LogP contribution is 2.39. The van der Waals surface area contributed by atoms with E-state index in [4.69, 9.17) is 17.3 Å². The molecular weight excluding hydrogens is 289 g/mol. The van der Waals surface area contributed by atoms with Gasteiger partial charge in [0.15, 0.2) is 12.3 Å². The van der Waals surface area contributed by atoms with Crippen LogP contribution < -0.4 is 0 Å². The second kappa shape index (κ2) is 7.14. The number of fused-ring (bicyclic) bond motifs is 1. The highest BCUT2D eigenvalue weighted by molar-refractivity contribution is 6.11. The lowest BCUT2D eigenvalue weighted by atomic mass is 9.75. The van der Waals surface area contributed by atoms with Crippen LogP contribution >= 0.6 is 0 Å². The molecule has 3 fully saturated rings. The number of hydrogen-bond donors (Lipinski definition) is 1. The van der Waals surface area contributed by atoms with Crippen molar-refractivity contribution in [3.05, 3.63) is 0 Å². The summed E-state index contributed by atoms with van der Waals surface area (Å²) < 4.78 is 39.7. The lowest BCUT2D eigenvalue weighted by molar-refractivity contribution is -0.171. The molecule has 0 aromatic carbocycles. The van der Waals surface area contributed by atoms with Gasteiger partial charge < -0.3 is 14.6 Å². The smallest absolute Gasteiger partial charge is 0.160 e. The summed E-state index contributed by atoms with van der Waals surface area (Å²) in [6.07, 6.45) is 0.426. The summed E-state index contributed by atoms with van der Waals surface area (Å²) in [7, 11) is 5.69. The van der Waals surface area contributed by atoms with Crippen molar-refractivity contribution in [2.24, 2.45) is 11.8 Å². The third-order valence-electron chi connectivity index (χ3n) is 5.49. The van der Waals surface area contributed by atoms with Gasteiger partial charge in [-0.3, -0.25) is 0 Å². The normalized spacial score (nSPS) is 49.6. The predicted octanol–water partition coefficient (Wildman–Crippen LogP) is 2.29. The van der Waals surface area contributed by atoms with E-state index in [1.165, 1.54) is 0 Å². The van der Waals surface area contributed by atoms with E-state index in [0.717, 1.165) is 32.1 Å². The van der Waals surface area contributed by atoms with Crippen molar-refractivity contribution in [2.75, 3.05) is 6.61 Å². The van der Waals surface area contributed by atoms with Crippen LogP contribution in [0.5, 0.6) is 0 Å². The molecule has 0 aromatic rings. The zero-order valence-electron chi connectivity index (χ0n) is 12.9. The standard InChI is InChI=1S/C16H25BF2O3/c17-13-6-3-10-7-12(14(18)15(19)16(10)22-13)21-8-9-1-4-11(20)5-2-9/h9-16,20H,1-8H2. The maximum atomic E-state index is 14.3. The first kappa shape index (κ1) is 16.7. The molecule has 1 heterocycles. The number of aliphatic hydroxyl groups excluding tert-OH is 1. The van der Waals surface area contributed by atoms with Gasteiger partial charge in [-0.1, -0.05) is 0 Å². The van der Waals surface area contributed by atoms with Gasteiger partial charge in [-0.25, -0.2) is 8.78 Å². The molecular formula is C16H25BF2O3. The number of ether oxygens (including phenoxy) is 2. The first-order chi connectivity index (χ1) is 10.5. The van der Waals surface area contributed by atoms with E-state index in [2.05, 4.69) is 0 Å². The van der Waals surface area contributed by atoms with Gasteiger partial charge in [-0.15, -0.1) is 0 Å². The quantitative estimate of drug-likeness (QED) is 0.813. The number of rotatable bonds is 3. The highest BCUT2D eigenvalue weighted by atomic mass is 19.2. The van der Waals surface area contributed by atoms with Gasteiger partial charge in [0.05, 0.1) is 18.3 Å². The summed E-state index contributed by atoms with van der Waals surface area (Å²) in [6, 6.07) is -0.474. The SMILES string of the molecule is [B]C1CCC2CC(OCC3CCC(O)CC3)C(F)C(F)C2O1. The topological polar surface area (TPSA) is 38.7 Å². The molecule has 0 aromatic heterocycles. The molecule has 124 valence electrons. The molecule has 1 aliphatic heterocycles. The van der Waals surface area contributed by atoms with Crippen LogP contribution in [0.3, 0.4) is 0 Å². The monoisotopic (exact) mass is 314 g/mol. The van der Waals surface area contributed by atoms with E-state index >= 15 is 0 Å². The second-order valence-electron chi connectivity index (χ2n) is 7.15. The van der Waals surface area contributed by atoms with Gasteiger partial charge in [0, 0.05) is 12.6 Å². The summed E-state index contributed by atoms with van der Waals surface area (Å²) in [4.78, 5) is 0. The predicted molar refractivity (Wildman–Crippen MR) is 79.3 cm³/mol. The van der Waals surface area contributed by atoms with Gasteiger partial charge in [-0.2, -0.15) is 0 Å². The van der Waals surface area contributed by atoms with Gasteiger partial charge in [0.25, 0.3) is 0 Å². The van der Waals surface area contributed by atoms with Crippen molar-refractivity contribution in [3.63, 3.8) is 0 Å². The molecule has 3 nitrogen and oxygen atoms in total. The maximum Gasteiger partial charge on any atom is 0.160 e. The Morgan fingerprint density at radius 2 is 1.77 bits per heavy atom. The van der Waals surface area contributed by atoms with Crippen molar-refractivity contribution >= 4 is 7.85 Å². The minimum Gasteiger partial charge on any atom is -0.393 e. The fraction of sp³-hybridized carbons (Fsp3) is 1.00. The molecule has 22 heavy (non-hydrogen) atoms. The Bertz CT molecular complexity index is 363. The fourth-order valence-corrected chi connectivity index (χ4v) is 4.06. The van der Waals surface area contributed by atoms with Crippen LogP contribution in [0.25, 0.3) is 0 Å². The van der Waals surface area contributed by atoms with Gasteiger partial charge >= 0.3 is 0 Å². The van der Waals surface area contributed by atoms with Crippen LogP contribution in [0.1, 0.15) is 44.9 Å². The van der Waals surface area contributed by atoms with E-state index < -0.39 is 30.6 Å². The van der Waals surface area contributed by atoms with Crippen LogP contribution in [0.2, 0.25) is 0 Å². The summed E-state index contributed by atoms with van der Waals surface area (Å²) in [5, 5.41) is 9.50. The van der Waals surface area contributed by atoms with Crippen molar-refractivity contribution in [1.29, 1.82) is 0 Å². The summed E-state index contributed by atoms with van der Waals surface area (Å²) in [6.45, 7) is 0.461. The van der Waals surface area contributed by atoms with Gasteiger partial charge in [-0.05, 0) is 56.8 Å². The Balaban J connectivity index is 1.51. The van der Waals surface area contributed by atoms with Crippen molar-refractivity contribution in [1.82, 2.24) is 0 Å². The lowest BCUT2D eigenvalue weighted by Gasteiger charge is -2.45. The minimum atomic E-state index is -1.65. The molecule has 3 rings (SSSR count). The molecule has 6 heteroatoms. The van der Waals surface area contributed by atoms with E-state index in [9.17, 15) is 13.9 Å². The molecule has 0 amide bonds. The number of hydrogen-bond acceptors (Lipinski definition) is 3. The zero-order chi connectivity index (χ0) is 15.7. The summed E-state index contributed by atoms with van der Waals surface area (Å²) in [5.74, 6) is 0.349. The van der Waals surface area contributed by atoms with E-state index in [1.807, 2.05) is 0 Å². The summed E-state index contributed by atoms with van der Waals surface area (Å²) >= 11 is 0. The van der Waals surface area contributed by atoms with Crippen molar-refractivity contribution in [3.8, 4) is 0 Å². The summed E-state index contributed by atoms with van der Waals surface area (Å²) in [5.41, 5.74) is 0. The van der Waals surface area contributed by atoms with Crippen LogP contribution in [0.4, 0.5) is 8.78 Å². The number of halogens is 2. The third kappa shape index (κ3) is 3.65. The molecule has 1 N–H and O–H groups in total. The Labute approximate surface area is 132 Å². The maximum absolute atomic E-state index is 14.3. The average Bonchev–Trinajstić information content (AvgIpc) is 2.52. The van der Waals surface area contributed by atoms with Crippen LogP contribution in [-0.4, -0.2) is 56.2 Å². The zero-order valence-corrected chi connectivity index (χ0v) is 12.9. The molecule has 2 saturated carbocycles. The Morgan fingerprint density at radius 3 is 2.50 bits per heavy atom. The van der Waals surface area contributed by atoms with Crippen LogP contribution in [-0.2, 0) is 9.47 Å². The van der Waals surface area contributed by atoms with Gasteiger partial charge in [0.1, 0.15) is 7.85 Å². The van der Waals surface area contributed by atoms with Crippen molar-refractivity contribution < 1.29 is 23.4 Å². The molecule has 6 unspecified atom stereocenters. The van der Waals surface area contributed by atoms with Crippen LogP contribution in [0, 0.1) is 11.8 Å². The number of aliphatic hydroxyl groups is 1. The minimum absolute atomic E-state index is 0.0000203. The Hall–Kier alpha value is -0.195. The molecule has 2 aliphatic carbocycles. The third-order valence-corrected chi connectivity index (χ3v) is 5.49. The molecule has 3 aliphatic rings. The Kier molecular flexibility index (Phi) is 5.41. The largest absolute Gasteiger partial charge is 0.393 e. The van der Waals surface area contributed by atoms with Crippen molar-refractivity contribution in [2.45, 2.75) is 81.6 Å². The van der Waals surface area contributed by atoms with Gasteiger partial charge in [0.2, 0.25) is 0 Å². The molecule has 6 atom stereocenters. The molecule has 1 saturated heterocycles. The average molecular weight is 314 g/mol. The first-order valence-electron chi connectivity index (χ1n) is 8.53. The highest BCUT2D eigenvalue weighted by Gasteiger charge is 2.48. The van der Waals surface area contributed by atoms with E-state index in [1.54, 1.807) is 0 Å².